The van der Waals surface area contributed by atoms with Crippen molar-refractivity contribution in [3.05, 3.63) is 35.8 Å². The van der Waals surface area contributed by atoms with E-state index in [1.54, 1.807) is 0 Å². The van der Waals surface area contributed by atoms with Gasteiger partial charge in [-0.25, -0.2) is 14.0 Å². The van der Waals surface area contributed by atoms with Gasteiger partial charge in [0.05, 0.1) is 5.69 Å². The van der Waals surface area contributed by atoms with Crippen molar-refractivity contribution in [1.82, 2.24) is 10.3 Å². The van der Waals surface area contributed by atoms with Crippen LogP contribution in [0, 0.1) is 5.82 Å². The predicted octanol–water partition coefficient (Wildman–Crippen LogP) is 0.828. The van der Waals surface area contributed by atoms with Crippen LogP contribution >= 0.6 is 0 Å². The van der Waals surface area contributed by atoms with Crippen molar-refractivity contribution in [2.45, 2.75) is 0 Å². The summed E-state index contributed by atoms with van der Waals surface area (Å²) < 4.78 is 17.0. The fourth-order valence-electron chi connectivity index (χ4n) is 1.08. The first-order valence-electron chi connectivity index (χ1n) is 4.35. The maximum absolute atomic E-state index is 12.6. The fourth-order valence-corrected chi connectivity index (χ4v) is 1.08. The molecule has 82 valence electrons. The Morgan fingerprint density at radius 2 is 1.94 bits per heavy atom. The molecule has 0 aliphatic heterocycles. The number of amidine groups is 1. The number of anilines is 1. The largest absolute Gasteiger partial charge is 0.382 e. The van der Waals surface area contributed by atoms with E-state index in [0.717, 1.165) is 0 Å². The van der Waals surface area contributed by atoms with Crippen LogP contribution in [0.2, 0.25) is 0 Å². The topological polar surface area (TPSA) is 103 Å². The van der Waals surface area contributed by atoms with Crippen LogP contribution in [-0.2, 0) is 0 Å². The monoisotopic (exact) mass is 221 g/mol. The fraction of sp³-hybridized carbons (Fsp3) is 0. The van der Waals surface area contributed by atoms with Crippen molar-refractivity contribution in [3.8, 4) is 0 Å². The second-order valence-electron chi connectivity index (χ2n) is 2.97. The van der Waals surface area contributed by atoms with Crippen molar-refractivity contribution in [1.29, 1.82) is 0 Å². The molecule has 0 spiro atoms. The van der Waals surface area contributed by atoms with Crippen LogP contribution < -0.4 is 11.5 Å². The van der Waals surface area contributed by atoms with Crippen molar-refractivity contribution < 1.29 is 9.02 Å². The highest BCUT2D eigenvalue weighted by Gasteiger charge is 2.10. The number of hydrogen-bond acceptors (Lipinski definition) is 5. The summed E-state index contributed by atoms with van der Waals surface area (Å²) in [5.74, 6) is -0.228. The lowest BCUT2D eigenvalue weighted by atomic mass is 10.3. The second-order valence-corrected chi connectivity index (χ2v) is 2.97. The molecular weight excluding hydrogens is 213 g/mol. The van der Waals surface area contributed by atoms with Gasteiger partial charge in [-0.05, 0) is 34.6 Å². The number of aromatic nitrogens is 2. The van der Waals surface area contributed by atoms with Crippen LogP contribution in [0.5, 0.6) is 0 Å². The quantitative estimate of drug-likeness (QED) is 0.577. The van der Waals surface area contributed by atoms with E-state index >= 15 is 0 Å². The van der Waals surface area contributed by atoms with Crippen LogP contribution in [-0.4, -0.2) is 16.1 Å². The van der Waals surface area contributed by atoms with Gasteiger partial charge in [-0.3, -0.25) is 0 Å². The van der Waals surface area contributed by atoms with Gasteiger partial charge >= 0.3 is 0 Å². The molecule has 0 unspecified atom stereocenters. The molecule has 0 aliphatic carbocycles. The molecule has 0 radical (unpaired) electrons. The Hall–Kier alpha value is -2.44. The number of halogens is 1. The smallest absolute Gasteiger partial charge is 0.199 e. The number of nitrogen functional groups attached to an aromatic ring is 1. The van der Waals surface area contributed by atoms with Crippen LogP contribution in [0.3, 0.4) is 0 Å². The van der Waals surface area contributed by atoms with E-state index in [9.17, 15) is 4.39 Å². The Labute approximate surface area is 89.7 Å². The molecular formula is C9H8FN5O. The molecule has 1 aromatic carbocycles. The lowest BCUT2D eigenvalue weighted by Crippen LogP contribution is -2.15. The molecule has 0 saturated heterocycles. The SMILES string of the molecule is NC(=Nc1ccc(F)cc1)c1nonc1N. The summed E-state index contributed by atoms with van der Waals surface area (Å²) in [6.07, 6.45) is 0. The molecule has 0 amide bonds. The number of nitrogens with two attached hydrogens (primary N) is 2. The molecule has 4 N–H and O–H groups in total. The zero-order valence-electron chi connectivity index (χ0n) is 8.09. The van der Waals surface area contributed by atoms with E-state index in [1.807, 2.05) is 0 Å². The average Bonchev–Trinajstić information content (AvgIpc) is 2.68. The summed E-state index contributed by atoms with van der Waals surface area (Å²) >= 11 is 0. The Morgan fingerprint density at radius 1 is 1.25 bits per heavy atom. The zero-order valence-corrected chi connectivity index (χ0v) is 8.09. The minimum Gasteiger partial charge on any atom is -0.382 e. The third-order valence-electron chi connectivity index (χ3n) is 1.83. The van der Waals surface area contributed by atoms with E-state index < -0.39 is 0 Å². The highest BCUT2D eigenvalue weighted by atomic mass is 19.1. The summed E-state index contributed by atoms with van der Waals surface area (Å²) in [4.78, 5) is 3.99. The summed E-state index contributed by atoms with van der Waals surface area (Å²) in [5, 5.41) is 6.85. The highest BCUT2D eigenvalue weighted by molar-refractivity contribution is 6.00. The minimum absolute atomic E-state index is 0.0587. The van der Waals surface area contributed by atoms with E-state index in [4.69, 9.17) is 11.5 Å². The highest BCUT2D eigenvalue weighted by Crippen LogP contribution is 2.14. The summed E-state index contributed by atoms with van der Waals surface area (Å²) in [6, 6.07) is 5.50. The third kappa shape index (κ3) is 1.97. The summed E-state index contributed by atoms with van der Waals surface area (Å²) in [5.41, 5.74) is 11.7. The molecule has 6 nitrogen and oxygen atoms in total. The molecule has 7 heteroatoms. The average molecular weight is 221 g/mol. The summed E-state index contributed by atoms with van der Waals surface area (Å²) in [7, 11) is 0. The normalized spacial score (nSPS) is 11.7. The third-order valence-corrected chi connectivity index (χ3v) is 1.83. The van der Waals surface area contributed by atoms with Gasteiger partial charge in [0.2, 0.25) is 0 Å². The molecule has 0 aliphatic rings. The van der Waals surface area contributed by atoms with Gasteiger partial charge < -0.3 is 11.5 Å². The van der Waals surface area contributed by atoms with Gasteiger partial charge in [-0.2, -0.15) is 0 Å². The molecule has 0 bridgehead atoms. The Balaban J connectivity index is 2.31. The van der Waals surface area contributed by atoms with Gasteiger partial charge in [-0.1, -0.05) is 0 Å². The van der Waals surface area contributed by atoms with Gasteiger partial charge in [0.1, 0.15) is 5.82 Å². The lowest BCUT2D eigenvalue weighted by molar-refractivity contribution is 0.308. The first kappa shape index (κ1) is 10.1. The van der Waals surface area contributed by atoms with E-state index in [1.165, 1.54) is 24.3 Å². The number of benzene rings is 1. The van der Waals surface area contributed by atoms with Gasteiger partial charge in [0, 0.05) is 0 Å². The van der Waals surface area contributed by atoms with Crippen LogP contribution in [0.1, 0.15) is 5.69 Å². The van der Waals surface area contributed by atoms with E-state index in [2.05, 4.69) is 19.9 Å². The minimum atomic E-state index is -0.347. The van der Waals surface area contributed by atoms with Gasteiger partial charge in [0.15, 0.2) is 17.3 Å². The molecule has 2 aromatic rings. The standard InChI is InChI=1S/C9H8FN5O/c10-5-1-3-6(4-2-5)13-8(11)7-9(12)15-16-14-7/h1-4H,(H2,11,13)(H2,12,15). The molecule has 0 saturated carbocycles. The van der Waals surface area contributed by atoms with E-state index in [-0.39, 0.29) is 23.2 Å². The Morgan fingerprint density at radius 3 is 2.50 bits per heavy atom. The van der Waals surface area contributed by atoms with Crippen molar-refractivity contribution in [2.75, 3.05) is 5.73 Å². The van der Waals surface area contributed by atoms with Crippen LogP contribution in [0.15, 0.2) is 33.9 Å². The number of rotatable bonds is 2. The maximum atomic E-state index is 12.6. The Kier molecular flexibility index (Phi) is 2.50. The lowest BCUT2D eigenvalue weighted by Gasteiger charge is -1.96. The first-order valence-corrected chi connectivity index (χ1v) is 4.35. The van der Waals surface area contributed by atoms with Crippen LogP contribution in [0.25, 0.3) is 0 Å². The molecule has 1 heterocycles. The number of aliphatic imine (C=N–C) groups is 1. The first-order chi connectivity index (χ1) is 7.66. The second kappa shape index (κ2) is 3.97. The maximum Gasteiger partial charge on any atom is 0.199 e. The van der Waals surface area contributed by atoms with Crippen LogP contribution in [0.4, 0.5) is 15.9 Å². The molecule has 16 heavy (non-hydrogen) atoms. The van der Waals surface area contributed by atoms with Crippen molar-refractivity contribution in [3.63, 3.8) is 0 Å². The number of hydrogen-bond donors (Lipinski definition) is 2. The molecule has 2 rings (SSSR count). The van der Waals surface area contributed by atoms with Crippen molar-refractivity contribution in [2.24, 2.45) is 10.7 Å². The zero-order chi connectivity index (χ0) is 11.5. The molecule has 0 atom stereocenters. The molecule has 0 fully saturated rings. The summed E-state index contributed by atoms with van der Waals surface area (Å²) in [6.45, 7) is 0. The predicted molar refractivity (Wildman–Crippen MR) is 55.5 cm³/mol. The number of nitrogens with zero attached hydrogens (tertiary/aromatic N) is 3. The molecule has 1 aromatic heterocycles. The van der Waals surface area contributed by atoms with Gasteiger partial charge in [-0.15, -0.1) is 0 Å². The van der Waals surface area contributed by atoms with E-state index in [0.29, 0.717) is 5.69 Å². The van der Waals surface area contributed by atoms with Gasteiger partial charge in [0.25, 0.3) is 0 Å². The van der Waals surface area contributed by atoms with Crippen molar-refractivity contribution >= 4 is 17.3 Å². The Bertz CT molecular complexity index is 519.